The summed E-state index contributed by atoms with van der Waals surface area (Å²) >= 11 is 0. The molecule has 21 heavy (non-hydrogen) atoms. The Kier molecular flexibility index (Phi) is 4.83. The second kappa shape index (κ2) is 6.27. The van der Waals surface area contributed by atoms with Gasteiger partial charge in [0, 0.05) is 17.8 Å². The van der Waals surface area contributed by atoms with Crippen LogP contribution in [0, 0.1) is 6.92 Å². The molecule has 0 aliphatic heterocycles. The van der Waals surface area contributed by atoms with E-state index in [0.717, 1.165) is 0 Å². The van der Waals surface area contributed by atoms with Crippen molar-refractivity contribution in [2.45, 2.75) is 44.8 Å². The highest BCUT2D eigenvalue weighted by molar-refractivity contribution is 7.51. The average Bonchev–Trinajstić information content (AvgIpc) is 2.40. The number of nitrogens with zero attached hydrogens (tertiary/aromatic N) is 1. The molecule has 0 atom stereocenters. The maximum Gasteiger partial charge on any atom is 0.350 e. The van der Waals surface area contributed by atoms with Gasteiger partial charge in [0.15, 0.2) is 0 Å². The van der Waals surface area contributed by atoms with Crippen molar-refractivity contribution in [3.05, 3.63) is 32.6 Å². The van der Waals surface area contributed by atoms with Gasteiger partial charge in [0.05, 0.1) is 6.10 Å². The van der Waals surface area contributed by atoms with Crippen LogP contribution in [0.3, 0.4) is 0 Å². The zero-order valence-corrected chi connectivity index (χ0v) is 12.6. The molecule has 0 spiro atoms. The molecule has 0 bridgehead atoms. The molecule has 0 amide bonds. The van der Waals surface area contributed by atoms with E-state index in [1.807, 2.05) is 0 Å². The maximum atomic E-state index is 11.8. The summed E-state index contributed by atoms with van der Waals surface area (Å²) in [6, 6.07) is -0.0250. The van der Waals surface area contributed by atoms with Crippen molar-refractivity contribution >= 4 is 7.60 Å². The maximum absolute atomic E-state index is 11.8. The van der Waals surface area contributed by atoms with E-state index in [1.165, 1.54) is 4.57 Å². The lowest BCUT2D eigenvalue weighted by Gasteiger charge is -2.29. The van der Waals surface area contributed by atoms with Crippen molar-refractivity contribution in [1.29, 1.82) is 0 Å². The van der Waals surface area contributed by atoms with Gasteiger partial charge in [0.25, 0.3) is 5.56 Å². The zero-order chi connectivity index (χ0) is 15.6. The van der Waals surface area contributed by atoms with Crippen molar-refractivity contribution in [1.82, 2.24) is 9.55 Å². The number of hydrogen-bond donors (Lipinski definition) is 3. The fourth-order valence-electron chi connectivity index (χ4n) is 2.55. The summed E-state index contributed by atoms with van der Waals surface area (Å²) in [5, 5.41) is 0. The number of H-pyrrole nitrogens is 1. The van der Waals surface area contributed by atoms with E-state index < -0.39 is 19.6 Å². The van der Waals surface area contributed by atoms with E-state index in [9.17, 15) is 14.2 Å². The van der Waals surface area contributed by atoms with Gasteiger partial charge in [0.2, 0.25) is 0 Å². The molecule has 0 aromatic carbocycles. The normalized spacial score (nSPS) is 23.2. The minimum Gasteiger partial charge on any atom is -0.366 e. The van der Waals surface area contributed by atoms with E-state index in [0.29, 0.717) is 31.2 Å². The first kappa shape index (κ1) is 16.2. The quantitative estimate of drug-likeness (QED) is 0.694. The Labute approximate surface area is 120 Å². The predicted octanol–water partition coefficient (Wildman–Crippen LogP) is 0.481. The zero-order valence-electron chi connectivity index (χ0n) is 11.7. The van der Waals surface area contributed by atoms with Gasteiger partial charge in [-0.3, -0.25) is 18.9 Å². The number of aromatic nitrogens is 2. The number of rotatable bonds is 4. The predicted molar refractivity (Wildman–Crippen MR) is 75.3 cm³/mol. The van der Waals surface area contributed by atoms with Gasteiger partial charge in [-0.25, -0.2) is 4.79 Å². The van der Waals surface area contributed by atoms with Crippen molar-refractivity contribution in [2.24, 2.45) is 0 Å². The lowest BCUT2D eigenvalue weighted by atomic mass is 9.93. The summed E-state index contributed by atoms with van der Waals surface area (Å²) in [7, 11) is -4.14. The van der Waals surface area contributed by atoms with Crippen LogP contribution in [-0.4, -0.2) is 31.8 Å². The van der Waals surface area contributed by atoms with E-state index >= 15 is 0 Å². The SMILES string of the molecule is Cc1cn(C2CCC(OCP(=O)(O)O)CC2)c(=O)[nH]c1=O. The van der Waals surface area contributed by atoms with Crippen LogP contribution in [0.2, 0.25) is 0 Å². The minimum atomic E-state index is -4.14. The molecule has 1 fully saturated rings. The largest absolute Gasteiger partial charge is 0.366 e. The molecule has 0 radical (unpaired) electrons. The van der Waals surface area contributed by atoms with Crippen molar-refractivity contribution in [3.8, 4) is 0 Å². The van der Waals surface area contributed by atoms with Gasteiger partial charge in [-0.15, -0.1) is 0 Å². The molecular formula is C12H19N2O6P. The smallest absolute Gasteiger partial charge is 0.350 e. The van der Waals surface area contributed by atoms with Gasteiger partial charge in [0.1, 0.15) is 6.35 Å². The average molecular weight is 318 g/mol. The third kappa shape index (κ3) is 4.38. The van der Waals surface area contributed by atoms with E-state index in [2.05, 4.69) is 4.98 Å². The van der Waals surface area contributed by atoms with Crippen molar-refractivity contribution in [3.63, 3.8) is 0 Å². The van der Waals surface area contributed by atoms with Crippen LogP contribution in [0.1, 0.15) is 37.3 Å². The van der Waals surface area contributed by atoms with E-state index in [1.54, 1.807) is 13.1 Å². The Morgan fingerprint density at radius 2 is 1.95 bits per heavy atom. The minimum absolute atomic E-state index is 0.0250. The molecule has 0 unspecified atom stereocenters. The molecule has 3 N–H and O–H groups in total. The summed E-state index contributed by atoms with van der Waals surface area (Å²) in [5.74, 6) is 0. The van der Waals surface area contributed by atoms with Gasteiger partial charge in [-0.05, 0) is 32.6 Å². The summed E-state index contributed by atoms with van der Waals surface area (Å²) in [6.07, 6.45) is 3.36. The third-order valence-corrected chi connectivity index (χ3v) is 4.15. The van der Waals surface area contributed by atoms with Gasteiger partial charge < -0.3 is 14.5 Å². The monoisotopic (exact) mass is 318 g/mol. The Balaban J connectivity index is 1.98. The van der Waals surface area contributed by atoms with Crippen LogP contribution in [0.25, 0.3) is 0 Å². The highest BCUT2D eigenvalue weighted by atomic mass is 31.2. The topological polar surface area (TPSA) is 122 Å². The number of aryl methyl sites for hydroxylation is 1. The fraction of sp³-hybridized carbons (Fsp3) is 0.667. The van der Waals surface area contributed by atoms with Crippen LogP contribution >= 0.6 is 7.60 Å². The number of ether oxygens (including phenoxy) is 1. The highest BCUT2D eigenvalue weighted by Gasteiger charge is 2.25. The Morgan fingerprint density at radius 3 is 2.52 bits per heavy atom. The molecule has 1 aromatic rings. The molecule has 9 heteroatoms. The van der Waals surface area contributed by atoms with E-state index in [4.69, 9.17) is 14.5 Å². The summed E-state index contributed by atoms with van der Waals surface area (Å²) in [4.78, 5) is 43.0. The standard InChI is InChI=1S/C12H19N2O6P/c1-8-6-14(12(16)13-11(8)15)9-2-4-10(5-3-9)20-7-21(17,18)19/h6,9-10H,2-5,7H2,1H3,(H,13,15,16)(H2,17,18,19). The second-order valence-corrected chi connectivity index (χ2v) is 6.96. The van der Waals surface area contributed by atoms with Crippen LogP contribution in [0.4, 0.5) is 0 Å². The molecule has 1 heterocycles. The molecule has 1 aromatic heterocycles. The molecule has 1 saturated carbocycles. The highest BCUT2D eigenvalue weighted by Crippen LogP contribution is 2.37. The van der Waals surface area contributed by atoms with Gasteiger partial charge in [-0.2, -0.15) is 0 Å². The van der Waals surface area contributed by atoms with Crippen LogP contribution < -0.4 is 11.2 Å². The van der Waals surface area contributed by atoms with E-state index in [-0.39, 0.29) is 17.7 Å². The van der Waals surface area contributed by atoms with Crippen LogP contribution in [0.5, 0.6) is 0 Å². The number of aromatic amines is 1. The Bertz CT molecular complexity index is 652. The molecule has 8 nitrogen and oxygen atoms in total. The molecular weight excluding hydrogens is 299 g/mol. The first-order valence-electron chi connectivity index (χ1n) is 6.74. The Morgan fingerprint density at radius 1 is 1.33 bits per heavy atom. The first-order valence-corrected chi connectivity index (χ1v) is 8.54. The summed E-state index contributed by atoms with van der Waals surface area (Å²) < 4.78 is 17.5. The summed E-state index contributed by atoms with van der Waals surface area (Å²) in [6.45, 7) is 1.64. The van der Waals surface area contributed by atoms with Crippen molar-refractivity contribution in [2.75, 3.05) is 6.35 Å². The molecule has 118 valence electrons. The fourth-order valence-corrected chi connectivity index (χ4v) is 2.95. The number of nitrogens with one attached hydrogen (secondary N) is 1. The number of hydrogen-bond acceptors (Lipinski definition) is 4. The lowest BCUT2D eigenvalue weighted by Crippen LogP contribution is -2.35. The van der Waals surface area contributed by atoms with Crippen molar-refractivity contribution < 1.29 is 19.1 Å². The lowest BCUT2D eigenvalue weighted by molar-refractivity contribution is 0.0372. The second-order valence-electron chi connectivity index (χ2n) is 5.37. The molecule has 0 saturated heterocycles. The van der Waals surface area contributed by atoms with Gasteiger partial charge >= 0.3 is 13.3 Å². The van der Waals surface area contributed by atoms with Crippen LogP contribution in [0.15, 0.2) is 15.8 Å². The summed E-state index contributed by atoms with van der Waals surface area (Å²) in [5.41, 5.74) is -0.324. The van der Waals surface area contributed by atoms with Gasteiger partial charge in [-0.1, -0.05) is 0 Å². The Hall–Kier alpha value is -1.21. The third-order valence-electron chi connectivity index (χ3n) is 3.66. The molecule has 1 aliphatic carbocycles. The first-order chi connectivity index (χ1) is 9.76. The molecule has 1 aliphatic rings. The van der Waals surface area contributed by atoms with Crippen LogP contribution in [-0.2, 0) is 9.30 Å². The molecule has 2 rings (SSSR count).